The number of imidazole rings is 1. The molecule has 0 saturated carbocycles. The highest BCUT2D eigenvalue weighted by molar-refractivity contribution is 8.00. The first kappa shape index (κ1) is 15.0. The summed E-state index contributed by atoms with van der Waals surface area (Å²) in [5.41, 5.74) is 1.33. The topological polar surface area (TPSA) is 101 Å². The van der Waals surface area contributed by atoms with E-state index in [0.29, 0.717) is 17.3 Å². The summed E-state index contributed by atoms with van der Waals surface area (Å²) in [6.07, 6.45) is 3.76. The standard InChI is InChI=1S/C11H17N5O2S2/c1-3-4-12-11-15-9-8(13-7-14-9)10(16-11)19-5-6-20(2,17)18/h7H,3-6H2,1-2H3,(H2,12,13,14,15,16). The molecule has 2 heterocycles. The van der Waals surface area contributed by atoms with Crippen molar-refractivity contribution in [2.24, 2.45) is 0 Å². The average molecular weight is 315 g/mol. The molecule has 0 aromatic carbocycles. The molecular weight excluding hydrogens is 298 g/mol. The van der Waals surface area contributed by atoms with Crippen LogP contribution >= 0.6 is 11.8 Å². The molecule has 110 valence electrons. The first-order valence-corrected chi connectivity index (χ1v) is 9.29. The summed E-state index contributed by atoms with van der Waals surface area (Å²) in [5.74, 6) is 1.10. The Morgan fingerprint density at radius 1 is 1.40 bits per heavy atom. The molecule has 20 heavy (non-hydrogen) atoms. The maximum absolute atomic E-state index is 11.2. The first-order chi connectivity index (χ1) is 9.49. The number of hydrogen-bond donors (Lipinski definition) is 2. The van der Waals surface area contributed by atoms with E-state index in [9.17, 15) is 8.42 Å². The molecule has 0 aliphatic rings. The Balaban J connectivity index is 2.19. The van der Waals surface area contributed by atoms with Crippen molar-refractivity contribution in [1.29, 1.82) is 0 Å². The van der Waals surface area contributed by atoms with E-state index in [-0.39, 0.29) is 5.75 Å². The van der Waals surface area contributed by atoms with Crippen molar-refractivity contribution in [2.75, 3.05) is 29.6 Å². The summed E-state index contributed by atoms with van der Waals surface area (Å²) in [6, 6.07) is 0. The number of aromatic amines is 1. The van der Waals surface area contributed by atoms with Crippen LogP contribution in [0.25, 0.3) is 11.2 Å². The number of rotatable bonds is 7. The Hall–Kier alpha value is -1.35. The van der Waals surface area contributed by atoms with Gasteiger partial charge in [0.1, 0.15) is 20.4 Å². The number of fused-ring (bicyclic) bond motifs is 1. The molecule has 0 amide bonds. The molecule has 2 aromatic heterocycles. The minimum Gasteiger partial charge on any atom is -0.354 e. The van der Waals surface area contributed by atoms with Gasteiger partial charge >= 0.3 is 0 Å². The van der Waals surface area contributed by atoms with Crippen molar-refractivity contribution in [2.45, 2.75) is 18.4 Å². The third-order valence-electron chi connectivity index (χ3n) is 2.48. The lowest BCUT2D eigenvalue weighted by Gasteiger charge is -2.06. The number of hydrogen-bond acceptors (Lipinski definition) is 7. The minimum atomic E-state index is -2.96. The maximum Gasteiger partial charge on any atom is 0.225 e. The summed E-state index contributed by atoms with van der Waals surface area (Å²) in [6.45, 7) is 2.84. The molecule has 0 radical (unpaired) electrons. The number of nitrogens with one attached hydrogen (secondary N) is 2. The molecule has 0 saturated heterocycles. The highest BCUT2D eigenvalue weighted by atomic mass is 32.2. The van der Waals surface area contributed by atoms with E-state index in [2.05, 4.69) is 32.2 Å². The molecule has 0 atom stereocenters. The maximum atomic E-state index is 11.2. The van der Waals surface area contributed by atoms with Crippen molar-refractivity contribution < 1.29 is 8.42 Å². The number of H-pyrrole nitrogens is 1. The van der Waals surface area contributed by atoms with E-state index in [1.165, 1.54) is 18.0 Å². The van der Waals surface area contributed by atoms with Crippen molar-refractivity contribution in [3.05, 3.63) is 6.33 Å². The van der Waals surface area contributed by atoms with E-state index in [0.717, 1.165) is 23.5 Å². The van der Waals surface area contributed by atoms with Gasteiger partial charge in [-0.05, 0) is 6.42 Å². The number of aromatic nitrogens is 4. The smallest absolute Gasteiger partial charge is 0.225 e. The van der Waals surface area contributed by atoms with Crippen LogP contribution in [0.3, 0.4) is 0 Å². The third-order valence-corrected chi connectivity index (χ3v) is 4.66. The molecule has 7 nitrogen and oxygen atoms in total. The van der Waals surface area contributed by atoms with Gasteiger partial charge in [-0.2, -0.15) is 4.98 Å². The lowest BCUT2D eigenvalue weighted by molar-refractivity contribution is 0.603. The van der Waals surface area contributed by atoms with Gasteiger partial charge in [0, 0.05) is 18.6 Å². The third kappa shape index (κ3) is 4.07. The Morgan fingerprint density at radius 2 is 2.20 bits per heavy atom. The van der Waals surface area contributed by atoms with E-state index in [1.807, 2.05) is 0 Å². The molecule has 2 N–H and O–H groups in total. The largest absolute Gasteiger partial charge is 0.354 e. The molecule has 0 aliphatic carbocycles. The van der Waals surface area contributed by atoms with Crippen LogP contribution in [0.2, 0.25) is 0 Å². The molecule has 9 heteroatoms. The monoisotopic (exact) mass is 315 g/mol. The quantitative estimate of drug-likeness (QED) is 0.587. The Morgan fingerprint density at radius 3 is 2.90 bits per heavy atom. The summed E-state index contributed by atoms with van der Waals surface area (Å²) < 4.78 is 22.3. The Bertz CT molecular complexity index is 683. The van der Waals surface area contributed by atoms with Crippen LogP contribution in [0.15, 0.2) is 11.4 Å². The van der Waals surface area contributed by atoms with E-state index in [4.69, 9.17) is 0 Å². The minimum absolute atomic E-state index is 0.120. The van der Waals surface area contributed by atoms with Gasteiger partial charge in [0.15, 0.2) is 5.65 Å². The van der Waals surface area contributed by atoms with Gasteiger partial charge in [0.05, 0.1) is 12.1 Å². The fourth-order valence-electron chi connectivity index (χ4n) is 1.52. The van der Waals surface area contributed by atoms with Gasteiger partial charge < -0.3 is 10.3 Å². The molecule has 0 unspecified atom stereocenters. The summed E-state index contributed by atoms with van der Waals surface area (Å²) in [7, 11) is -2.96. The lowest BCUT2D eigenvalue weighted by Crippen LogP contribution is -2.07. The molecule has 0 bridgehead atoms. The van der Waals surface area contributed by atoms with Crippen LogP contribution in [0.4, 0.5) is 5.95 Å². The zero-order chi connectivity index (χ0) is 14.6. The van der Waals surface area contributed by atoms with Crippen molar-refractivity contribution in [1.82, 2.24) is 19.9 Å². The molecule has 0 aliphatic heterocycles. The van der Waals surface area contributed by atoms with Crippen molar-refractivity contribution in [3.8, 4) is 0 Å². The number of thioether (sulfide) groups is 1. The Labute approximate surface area is 121 Å². The van der Waals surface area contributed by atoms with E-state index < -0.39 is 9.84 Å². The van der Waals surface area contributed by atoms with Crippen LogP contribution in [0.5, 0.6) is 0 Å². The van der Waals surface area contributed by atoms with Crippen LogP contribution in [-0.2, 0) is 9.84 Å². The number of anilines is 1. The second-order valence-electron chi connectivity index (χ2n) is 4.36. The number of nitrogens with zero attached hydrogens (tertiary/aromatic N) is 3. The second-order valence-corrected chi connectivity index (χ2v) is 7.70. The zero-order valence-corrected chi connectivity index (χ0v) is 13.0. The van der Waals surface area contributed by atoms with E-state index >= 15 is 0 Å². The predicted octanol–water partition coefficient (Wildman–Crippen LogP) is 1.31. The normalized spacial score (nSPS) is 11.9. The van der Waals surface area contributed by atoms with Crippen LogP contribution < -0.4 is 5.32 Å². The Kier molecular flexibility index (Phi) is 4.81. The first-order valence-electron chi connectivity index (χ1n) is 6.25. The molecular formula is C11H17N5O2S2. The summed E-state index contributed by atoms with van der Waals surface area (Å²) >= 11 is 1.39. The van der Waals surface area contributed by atoms with Gasteiger partial charge in [-0.15, -0.1) is 11.8 Å². The van der Waals surface area contributed by atoms with Crippen LogP contribution in [-0.4, -0.2) is 52.7 Å². The van der Waals surface area contributed by atoms with Gasteiger partial charge in [-0.1, -0.05) is 6.92 Å². The molecule has 0 fully saturated rings. The van der Waals surface area contributed by atoms with Gasteiger partial charge in [0.2, 0.25) is 5.95 Å². The van der Waals surface area contributed by atoms with Crippen LogP contribution in [0, 0.1) is 0 Å². The van der Waals surface area contributed by atoms with E-state index in [1.54, 1.807) is 6.33 Å². The fraction of sp³-hybridized carbons (Fsp3) is 0.545. The molecule has 2 aromatic rings. The van der Waals surface area contributed by atoms with Gasteiger partial charge in [-0.25, -0.2) is 18.4 Å². The highest BCUT2D eigenvalue weighted by Crippen LogP contribution is 2.24. The summed E-state index contributed by atoms with van der Waals surface area (Å²) in [4.78, 5) is 15.8. The lowest BCUT2D eigenvalue weighted by atomic mass is 10.5. The average Bonchev–Trinajstić information content (AvgIpc) is 2.83. The van der Waals surface area contributed by atoms with Crippen molar-refractivity contribution >= 4 is 38.7 Å². The van der Waals surface area contributed by atoms with Crippen LogP contribution in [0.1, 0.15) is 13.3 Å². The highest BCUT2D eigenvalue weighted by Gasteiger charge is 2.11. The van der Waals surface area contributed by atoms with Gasteiger partial charge in [-0.3, -0.25) is 0 Å². The fourth-order valence-corrected chi connectivity index (χ4v) is 3.70. The van der Waals surface area contributed by atoms with Crippen molar-refractivity contribution in [3.63, 3.8) is 0 Å². The molecule has 2 rings (SSSR count). The number of sulfone groups is 1. The predicted molar refractivity (Wildman–Crippen MR) is 80.9 cm³/mol. The zero-order valence-electron chi connectivity index (χ0n) is 11.4. The SMILES string of the molecule is CCCNc1nc(SCCS(C)(=O)=O)c2[nH]cnc2n1. The molecule has 0 spiro atoms. The van der Waals surface area contributed by atoms with Gasteiger partial charge in [0.25, 0.3) is 0 Å². The summed E-state index contributed by atoms with van der Waals surface area (Å²) in [5, 5.41) is 3.83. The second kappa shape index (κ2) is 6.40.